The number of aliphatic hydroxyl groups excluding tert-OH is 13. The van der Waals surface area contributed by atoms with Crippen LogP contribution in [0, 0.1) is 45.3 Å². The number of fused-ring (bicyclic) bond motifs is 5. The predicted octanol–water partition coefficient (Wildman–Crippen LogP) is -1.06. The Balaban J connectivity index is 1.27. The average Bonchev–Trinajstić information content (AvgIpc) is 3.66. The zero-order valence-electron chi connectivity index (χ0n) is 40.3. The zero-order chi connectivity index (χ0) is 49.5. The van der Waals surface area contributed by atoms with Crippen LogP contribution in [-0.2, 0) is 28.4 Å². The Bertz CT molecular complexity index is 1710. The van der Waals surface area contributed by atoms with Gasteiger partial charge in [-0.2, -0.15) is 0 Å². The Morgan fingerprint density at radius 3 is 1.75 bits per heavy atom. The SMILES string of the molecule is CC(C)=CCC[C@@](C)(O[C@H]1O[C@@H](CO)[C@H](O)[C@@H](O)[C@@H]1O)[C@@H]1CC[C@@]2(C)[C@H]1[C@@H](O)C[C@H]1[C@]3(C)CC[C@@H](O)C(C)(C)[C@H]3[C@H](O[C@H]3O[C@@H](CO)[C@H](O)[C@@H](O)[C@@H]3O[C@H]3O[C@@H](CO)[C@H](O)[C@@H](O)[C@@H]3O)C[C@@]12C. The molecule has 0 aromatic heterocycles. The Hall–Kier alpha value is -1.02. The summed E-state index contributed by atoms with van der Waals surface area (Å²) in [7, 11) is 0. The minimum atomic E-state index is -1.86. The third-order valence-electron chi connectivity index (χ3n) is 18.7. The Kier molecular flexibility index (Phi) is 15.9. The highest BCUT2D eigenvalue weighted by molar-refractivity contribution is 5.22. The van der Waals surface area contributed by atoms with E-state index >= 15 is 0 Å². The summed E-state index contributed by atoms with van der Waals surface area (Å²) in [4.78, 5) is 0. The van der Waals surface area contributed by atoms with Crippen molar-refractivity contribution in [3.8, 4) is 0 Å². The second-order valence-electron chi connectivity index (χ2n) is 23.1. The molecule has 0 unspecified atom stereocenters. The van der Waals surface area contributed by atoms with Crippen LogP contribution in [0.15, 0.2) is 11.6 Å². The van der Waals surface area contributed by atoms with Gasteiger partial charge in [0.25, 0.3) is 0 Å². The van der Waals surface area contributed by atoms with Gasteiger partial charge in [-0.15, -0.1) is 0 Å². The van der Waals surface area contributed by atoms with E-state index < -0.39 is 163 Å². The number of hydrogen-bond donors (Lipinski definition) is 13. The van der Waals surface area contributed by atoms with Crippen molar-refractivity contribution in [1.82, 2.24) is 0 Å². The lowest BCUT2D eigenvalue weighted by Gasteiger charge is -2.72. The minimum Gasteiger partial charge on any atom is -0.394 e. The van der Waals surface area contributed by atoms with E-state index in [0.29, 0.717) is 51.4 Å². The van der Waals surface area contributed by atoms with E-state index in [-0.39, 0.29) is 17.8 Å². The van der Waals surface area contributed by atoms with Crippen LogP contribution in [-0.4, -0.2) is 202 Å². The van der Waals surface area contributed by atoms with Crippen molar-refractivity contribution in [2.45, 2.75) is 223 Å². The van der Waals surface area contributed by atoms with Gasteiger partial charge < -0.3 is 94.8 Å². The molecule has 13 N–H and O–H groups in total. The molecule has 0 aromatic carbocycles. The Labute approximate surface area is 393 Å². The number of aliphatic hydroxyl groups is 13. The summed E-state index contributed by atoms with van der Waals surface area (Å²) in [6.07, 6.45) is -20.0. The summed E-state index contributed by atoms with van der Waals surface area (Å²) in [6.45, 7) is 14.4. The molecule has 0 spiro atoms. The van der Waals surface area contributed by atoms with E-state index in [2.05, 4.69) is 26.8 Å². The normalized spacial score (nSPS) is 52.9. The van der Waals surface area contributed by atoms with Gasteiger partial charge in [-0.3, -0.25) is 0 Å². The van der Waals surface area contributed by atoms with Gasteiger partial charge in [-0.1, -0.05) is 46.3 Å². The molecule has 7 rings (SSSR count). The summed E-state index contributed by atoms with van der Waals surface area (Å²) in [6, 6.07) is 0. The molecule has 26 atom stereocenters. The third kappa shape index (κ3) is 9.03. The monoisotopic (exact) mass is 963 g/mol. The van der Waals surface area contributed by atoms with E-state index in [1.54, 1.807) is 0 Å². The second-order valence-corrected chi connectivity index (χ2v) is 23.1. The largest absolute Gasteiger partial charge is 0.394 e. The fourth-order valence-electron chi connectivity index (χ4n) is 14.9. The minimum absolute atomic E-state index is 0.110. The molecule has 4 saturated carbocycles. The predicted molar refractivity (Wildman–Crippen MR) is 235 cm³/mol. The fourth-order valence-corrected chi connectivity index (χ4v) is 14.9. The molecule has 0 radical (unpaired) electrons. The molecule has 7 fully saturated rings. The van der Waals surface area contributed by atoms with Gasteiger partial charge >= 0.3 is 0 Å². The molecule has 19 nitrogen and oxygen atoms in total. The molecule has 3 saturated heterocycles. The van der Waals surface area contributed by atoms with Crippen molar-refractivity contribution in [1.29, 1.82) is 0 Å². The van der Waals surface area contributed by atoms with Crippen LogP contribution in [0.25, 0.3) is 0 Å². The first kappa shape index (κ1) is 53.8. The lowest BCUT2D eigenvalue weighted by molar-refractivity contribution is -0.383. The van der Waals surface area contributed by atoms with E-state index in [4.69, 9.17) is 28.4 Å². The molecule has 0 aromatic rings. The third-order valence-corrected chi connectivity index (χ3v) is 18.7. The summed E-state index contributed by atoms with van der Waals surface area (Å²) in [5.41, 5.74) is -2.56. The number of ether oxygens (including phenoxy) is 6. The number of rotatable bonds is 13. The van der Waals surface area contributed by atoms with Gasteiger partial charge in [0.05, 0.1) is 43.7 Å². The van der Waals surface area contributed by atoms with Crippen LogP contribution in [0.5, 0.6) is 0 Å². The van der Waals surface area contributed by atoms with E-state index in [0.717, 1.165) is 5.57 Å². The molecule has 67 heavy (non-hydrogen) atoms. The molecular formula is C48H82O19. The molecular weight excluding hydrogens is 881 g/mol. The van der Waals surface area contributed by atoms with Crippen molar-refractivity contribution in [3.63, 3.8) is 0 Å². The first-order chi connectivity index (χ1) is 31.3. The van der Waals surface area contributed by atoms with Gasteiger partial charge in [0.2, 0.25) is 0 Å². The summed E-state index contributed by atoms with van der Waals surface area (Å²) >= 11 is 0. The molecule has 7 aliphatic rings. The van der Waals surface area contributed by atoms with Crippen LogP contribution in [0.3, 0.4) is 0 Å². The van der Waals surface area contributed by atoms with Crippen molar-refractivity contribution in [2.75, 3.05) is 19.8 Å². The fraction of sp³-hybridized carbons (Fsp3) is 0.958. The van der Waals surface area contributed by atoms with Crippen molar-refractivity contribution < 1.29 is 94.8 Å². The average molecular weight is 963 g/mol. The maximum absolute atomic E-state index is 12.7. The van der Waals surface area contributed by atoms with E-state index in [9.17, 15) is 66.4 Å². The van der Waals surface area contributed by atoms with Gasteiger partial charge in [0.15, 0.2) is 18.9 Å². The first-order valence-electron chi connectivity index (χ1n) is 24.5. The highest BCUT2D eigenvalue weighted by Gasteiger charge is 2.74. The van der Waals surface area contributed by atoms with Crippen LogP contribution >= 0.6 is 0 Å². The molecule has 3 aliphatic heterocycles. The molecule has 3 heterocycles. The maximum atomic E-state index is 12.7. The molecule has 19 heteroatoms. The smallest absolute Gasteiger partial charge is 0.187 e. The summed E-state index contributed by atoms with van der Waals surface area (Å²) < 4.78 is 37.9. The Morgan fingerprint density at radius 2 is 1.18 bits per heavy atom. The maximum Gasteiger partial charge on any atom is 0.187 e. The molecule has 0 bridgehead atoms. The lowest BCUT2D eigenvalue weighted by Crippen LogP contribution is -2.71. The molecule has 4 aliphatic carbocycles. The second kappa shape index (κ2) is 19.8. The van der Waals surface area contributed by atoms with Crippen molar-refractivity contribution >= 4 is 0 Å². The van der Waals surface area contributed by atoms with Crippen LogP contribution in [0.2, 0.25) is 0 Å². The Morgan fingerprint density at radius 1 is 0.642 bits per heavy atom. The van der Waals surface area contributed by atoms with Crippen molar-refractivity contribution in [2.24, 2.45) is 45.3 Å². The van der Waals surface area contributed by atoms with E-state index in [1.165, 1.54) is 0 Å². The van der Waals surface area contributed by atoms with Crippen LogP contribution < -0.4 is 0 Å². The zero-order valence-corrected chi connectivity index (χ0v) is 40.3. The van der Waals surface area contributed by atoms with Crippen LogP contribution in [0.1, 0.15) is 107 Å². The highest BCUT2D eigenvalue weighted by atomic mass is 16.8. The molecule has 0 amide bonds. The van der Waals surface area contributed by atoms with E-state index in [1.807, 2.05) is 34.6 Å². The topological polar surface area (TPSA) is 318 Å². The highest BCUT2D eigenvalue weighted by Crippen LogP contribution is 2.76. The van der Waals surface area contributed by atoms with Crippen molar-refractivity contribution in [3.05, 3.63) is 11.6 Å². The van der Waals surface area contributed by atoms with Gasteiger partial charge in [-0.25, -0.2) is 0 Å². The summed E-state index contributed by atoms with van der Waals surface area (Å²) in [5.74, 6) is -1.22. The van der Waals surface area contributed by atoms with Gasteiger partial charge in [0.1, 0.15) is 73.2 Å². The van der Waals surface area contributed by atoms with Gasteiger partial charge in [-0.05, 0) is 117 Å². The van der Waals surface area contributed by atoms with Crippen LogP contribution in [0.4, 0.5) is 0 Å². The number of allylic oxidation sites excluding steroid dienone is 2. The standard InChI is InChI=1S/C48H82O19/c1-21(2)10-9-13-48(8,67-42-38(61)35(58)32(55)26(19-50)64-42)22-11-15-46(6)30(22)23(52)16-28-45(5)14-12-29(53)44(3,4)40(45)24(17-47(28,46)7)62-43-39(36(59)33(56)27(20-51)65-43)66-41-37(60)34(57)31(54)25(18-49)63-41/h10,22-43,49-61H,9,11-20H2,1-8H3/t22-,23+,24-,25+,26+,27+,28+,29-,30-,31+,32+,33+,34-,35-,36-,37+,38+,39+,40-,41-,42-,43+,45+,46+,47+,48-/m1/s1. The quantitative estimate of drug-likeness (QED) is 0.0773. The summed E-state index contributed by atoms with van der Waals surface area (Å²) in [5, 5.41) is 142. The lowest BCUT2D eigenvalue weighted by atomic mass is 9.34. The first-order valence-corrected chi connectivity index (χ1v) is 24.5. The molecule has 388 valence electrons. The van der Waals surface area contributed by atoms with Gasteiger partial charge in [0, 0.05) is 0 Å². The number of hydrogen-bond acceptors (Lipinski definition) is 19.